The number of carbonyl (C=O) groups is 2. The first-order valence-electron chi connectivity index (χ1n) is 6.01. The van der Waals surface area contributed by atoms with E-state index >= 15 is 0 Å². The van der Waals surface area contributed by atoms with Gasteiger partial charge in [0.05, 0.1) is 5.56 Å². The Morgan fingerprint density at radius 3 is 2.37 bits per heavy atom. The third kappa shape index (κ3) is 4.67. The van der Waals surface area contributed by atoms with Crippen LogP contribution in [0.25, 0.3) is 0 Å². The number of rotatable bonds is 6. The highest BCUT2D eigenvalue weighted by molar-refractivity contribution is 5.94. The van der Waals surface area contributed by atoms with Gasteiger partial charge in [-0.1, -0.05) is 0 Å². The van der Waals surface area contributed by atoms with Crippen molar-refractivity contribution >= 4 is 11.9 Å². The van der Waals surface area contributed by atoms with Crippen molar-refractivity contribution in [2.75, 3.05) is 34.2 Å². The molecule has 1 aromatic rings. The molecule has 1 amide bonds. The molecule has 19 heavy (non-hydrogen) atoms. The van der Waals surface area contributed by atoms with E-state index in [2.05, 4.69) is 9.88 Å². The van der Waals surface area contributed by atoms with Gasteiger partial charge in [0.2, 0.25) is 0 Å². The molecule has 0 saturated heterocycles. The van der Waals surface area contributed by atoms with Crippen molar-refractivity contribution in [1.82, 2.24) is 14.8 Å². The Morgan fingerprint density at radius 1 is 1.21 bits per heavy atom. The van der Waals surface area contributed by atoms with Crippen molar-refractivity contribution in [1.29, 1.82) is 0 Å². The highest BCUT2D eigenvalue weighted by Gasteiger charge is 2.13. The highest BCUT2D eigenvalue weighted by Crippen LogP contribution is 2.04. The van der Waals surface area contributed by atoms with E-state index in [9.17, 15) is 9.59 Å². The average Bonchev–Trinajstić information content (AvgIpc) is 2.37. The molecular weight excluding hydrogens is 246 g/mol. The first kappa shape index (κ1) is 15.1. The normalized spacial score (nSPS) is 10.5. The molecule has 0 saturated carbocycles. The zero-order chi connectivity index (χ0) is 14.4. The summed E-state index contributed by atoms with van der Waals surface area (Å²) in [5, 5.41) is 8.73. The van der Waals surface area contributed by atoms with Crippen molar-refractivity contribution in [3.63, 3.8) is 0 Å². The lowest BCUT2D eigenvalue weighted by atomic mass is 10.2. The van der Waals surface area contributed by atoms with E-state index in [1.54, 1.807) is 11.9 Å². The molecule has 0 bridgehead atoms. The van der Waals surface area contributed by atoms with Crippen LogP contribution in [-0.2, 0) is 0 Å². The summed E-state index contributed by atoms with van der Waals surface area (Å²) < 4.78 is 0. The van der Waals surface area contributed by atoms with Gasteiger partial charge in [0, 0.05) is 19.8 Å². The Balaban J connectivity index is 2.59. The molecule has 1 N–H and O–H groups in total. The Hall–Kier alpha value is -1.95. The van der Waals surface area contributed by atoms with E-state index in [1.807, 2.05) is 14.1 Å². The first-order valence-corrected chi connectivity index (χ1v) is 6.01. The predicted octanol–water partition coefficient (Wildman–Crippen LogP) is 0.803. The summed E-state index contributed by atoms with van der Waals surface area (Å²) in [4.78, 5) is 30.1. The summed E-state index contributed by atoms with van der Waals surface area (Å²) in [5.41, 5.74) is 0.337. The molecule has 0 aliphatic rings. The minimum atomic E-state index is -1.10. The lowest BCUT2D eigenvalue weighted by Crippen LogP contribution is -2.29. The maximum Gasteiger partial charge on any atom is 0.354 e. The van der Waals surface area contributed by atoms with Crippen LogP contribution >= 0.6 is 0 Å². The average molecular weight is 265 g/mol. The summed E-state index contributed by atoms with van der Waals surface area (Å²) in [7, 11) is 5.69. The highest BCUT2D eigenvalue weighted by atomic mass is 16.4. The maximum absolute atomic E-state index is 12.0. The summed E-state index contributed by atoms with van der Waals surface area (Å²) in [6, 6.07) is 2.82. The van der Waals surface area contributed by atoms with Crippen LogP contribution in [0.15, 0.2) is 18.3 Å². The molecule has 1 rings (SSSR count). The largest absolute Gasteiger partial charge is 0.477 e. The van der Waals surface area contributed by atoms with E-state index < -0.39 is 5.97 Å². The number of amides is 1. The molecule has 1 heterocycles. The van der Waals surface area contributed by atoms with Gasteiger partial charge in [0.15, 0.2) is 0 Å². The Morgan fingerprint density at radius 2 is 1.89 bits per heavy atom. The zero-order valence-electron chi connectivity index (χ0n) is 11.5. The van der Waals surface area contributed by atoms with Gasteiger partial charge in [-0.2, -0.15) is 0 Å². The van der Waals surface area contributed by atoms with Gasteiger partial charge < -0.3 is 14.9 Å². The topological polar surface area (TPSA) is 73.7 Å². The van der Waals surface area contributed by atoms with Gasteiger partial charge in [-0.3, -0.25) is 4.79 Å². The summed E-state index contributed by atoms with van der Waals surface area (Å²) >= 11 is 0. The molecular formula is C13H19N3O3. The molecule has 1 aromatic heterocycles. The number of hydrogen-bond acceptors (Lipinski definition) is 4. The second kappa shape index (κ2) is 6.84. The minimum Gasteiger partial charge on any atom is -0.477 e. The number of aromatic nitrogens is 1. The standard InChI is InChI=1S/C13H19N3O3/c1-15(2)7-4-8-16(3)12(17)10-5-6-11(13(18)19)14-9-10/h5-6,9H,4,7-8H2,1-3H3,(H,18,19). The molecule has 6 heteroatoms. The summed E-state index contributed by atoms with van der Waals surface area (Å²) in [6.07, 6.45) is 2.18. The lowest BCUT2D eigenvalue weighted by molar-refractivity contribution is 0.0688. The Bertz CT molecular complexity index is 443. The first-order chi connectivity index (χ1) is 8.91. The van der Waals surface area contributed by atoms with Crippen LogP contribution in [0.5, 0.6) is 0 Å². The van der Waals surface area contributed by atoms with Crippen molar-refractivity contribution < 1.29 is 14.7 Å². The van der Waals surface area contributed by atoms with E-state index in [0.717, 1.165) is 13.0 Å². The van der Waals surface area contributed by atoms with Gasteiger partial charge in [-0.25, -0.2) is 9.78 Å². The molecule has 6 nitrogen and oxygen atoms in total. The number of hydrogen-bond donors (Lipinski definition) is 1. The maximum atomic E-state index is 12.0. The summed E-state index contributed by atoms with van der Waals surface area (Å²) in [6.45, 7) is 1.56. The van der Waals surface area contributed by atoms with Gasteiger partial charge in [0.1, 0.15) is 5.69 Å². The fourth-order valence-corrected chi connectivity index (χ4v) is 1.59. The number of carbonyl (C=O) groups excluding carboxylic acids is 1. The van der Waals surface area contributed by atoms with Gasteiger partial charge in [0.25, 0.3) is 5.91 Å². The third-order valence-electron chi connectivity index (χ3n) is 2.68. The fraction of sp³-hybridized carbons (Fsp3) is 0.462. The van der Waals surface area contributed by atoms with Crippen LogP contribution in [0.4, 0.5) is 0 Å². The monoisotopic (exact) mass is 265 g/mol. The second-order valence-electron chi connectivity index (χ2n) is 4.62. The molecule has 0 aliphatic carbocycles. The Labute approximate surface area is 112 Å². The van der Waals surface area contributed by atoms with Gasteiger partial charge >= 0.3 is 5.97 Å². The van der Waals surface area contributed by atoms with Crippen LogP contribution in [-0.4, -0.2) is 66.0 Å². The number of pyridine rings is 1. The predicted molar refractivity (Wildman–Crippen MR) is 71.3 cm³/mol. The number of aromatic carboxylic acids is 1. The SMILES string of the molecule is CN(C)CCCN(C)C(=O)c1ccc(C(=O)O)nc1. The van der Waals surface area contributed by atoms with Crippen molar-refractivity contribution in [2.45, 2.75) is 6.42 Å². The smallest absolute Gasteiger partial charge is 0.354 e. The van der Waals surface area contributed by atoms with E-state index in [4.69, 9.17) is 5.11 Å². The third-order valence-corrected chi connectivity index (χ3v) is 2.68. The van der Waals surface area contributed by atoms with E-state index in [1.165, 1.54) is 18.3 Å². The zero-order valence-corrected chi connectivity index (χ0v) is 11.5. The van der Waals surface area contributed by atoms with Crippen molar-refractivity contribution in [2.24, 2.45) is 0 Å². The van der Waals surface area contributed by atoms with Crippen LogP contribution in [0, 0.1) is 0 Å². The minimum absolute atomic E-state index is 0.0631. The van der Waals surface area contributed by atoms with Crippen LogP contribution in [0.1, 0.15) is 27.3 Å². The summed E-state index contributed by atoms with van der Waals surface area (Å²) in [5.74, 6) is -1.25. The molecule has 0 atom stereocenters. The second-order valence-corrected chi connectivity index (χ2v) is 4.62. The molecule has 0 aromatic carbocycles. The number of carboxylic acid groups (broad SMARTS) is 1. The molecule has 0 aliphatic heterocycles. The van der Waals surface area contributed by atoms with Gasteiger partial charge in [-0.15, -0.1) is 0 Å². The van der Waals surface area contributed by atoms with Crippen LogP contribution in [0.3, 0.4) is 0 Å². The molecule has 0 spiro atoms. The van der Waals surface area contributed by atoms with Crippen LogP contribution in [0.2, 0.25) is 0 Å². The van der Waals surface area contributed by atoms with E-state index in [-0.39, 0.29) is 11.6 Å². The molecule has 0 fully saturated rings. The quantitative estimate of drug-likeness (QED) is 0.823. The Kier molecular flexibility index (Phi) is 5.44. The van der Waals surface area contributed by atoms with E-state index in [0.29, 0.717) is 12.1 Å². The van der Waals surface area contributed by atoms with Crippen LogP contribution < -0.4 is 0 Å². The number of nitrogens with zero attached hydrogens (tertiary/aromatic N) is 3. The number of carboxylic acids is 1. The van der Waals surface area contributed by atoms with Crippen molar-refractivity contribution in [3.05, 3.63) is 29.6 Å². The molecule has 104 valence electrons. The molecule has 0 unspecified atom stereocenters. The van der Waals surface area contributed by atoms with Gasteiger partial charge in [-0.05, 0) is 39.2 Å². The molecule has 0 radical (unpaired) electrons. The lowest BCUT2D eigenvalue weighted by Gasteiger charge is -2.18. The fourth-order valence-electron chi connectivity index (χ4n) is 1.59. The van der Waals surface area contributed by atoms with Crippen molar-refractivity contribution in [3.8, 4) is 0 Å².